The highest BCUT2D eigenvalue weighted by molar-refractivity contribution is 8.00. The van der Waals surface area contributed by atoms with Crippen LogP contribution in [0, 0.1) is 0 Å². The number of benzene rings is 1. The van der Waals surface area contributed by atoms with Crippen molar-refractivity contribution in [3.63, 3.8) is 0 Å². The third-order valence-corrected chi connectivity index (χ3v) is 3.87. The highest BCUT2D eigenvalue weighted by Crippen LogP contribution is 2.26. The molecule has 0 aliphatic heterocycles. The van der Waals surface area contributed by atoms with E-state index in [4.69, 9.17) is 16.7 Å². The molecule has 0 saturated carbocycles. The van der Waals surface area contributed by atoms with E-state index in [1.807, 2.05) is 0 Å². The topological polar surface area (TPSA) is 40.5 Å². The summed E-state index contributed by atoms with van der Waals surface area (Å²) in [5.74, 6) is -0.417. The average Bonchev–Trinajstić information content (AvgIpc) is 2.39. The summed E-state index contributed by atoms with van der Waals surface area (Å²) in [5, 5.41) is 8.92. The highest BCUT2D eigenvalue weighted by atomic mass is 35.5. The van der Waals surface area contributed by atoms with Gasteiger partial charge in [-0.1, -0.05) is 11.6 Å². The molecule has 1 unspecified atom stereocenters. The molecule has 0 aliphatic carbocycles. The van der Waals surface area contributed by atoms with Crippen LogP contribution in [0.5, 0.6) is 0 Å². The lowest BCUT2D eigenvalue weighted by Crippen LogP contribution is -2.41. The molecule has 20 heavy (non-hydrogen) atoms. The number of hydrogen-bond acceptors (Lipinski definition) is 3. The first-order valence-corrected chi connectivity index (χ1v) is 7.29. The van der Waals surface area contributed by atoms with Gasteiger partial charge >= 0.3 is 0 Å². The van der Waals surface area contributed by atoms with Crippen molar-refractivity contribution in [2.45, 2.75) is 23.5 Å². The standard InChI is InChI=1S/C13H16ClF2NO2S/c1-9(20-11-4-2-10(14)3-5-11)13(19)17(6-7-18)8-12(15)16/h2-5,9,12,18H,6-8H2,1H3. The normalized spacial score (nSPS) is 12.5. The highest BCUT2D eigenvalue weighted by Gasteiger charge is 2.23. The summed E-state index contributed by atoms with van der Waals surface area (Å²) in [6.45, 7) is 0.563. The molecule has 1 aromatic carbocycles. The van der Waals surface area contributed by atoms with Gasteiger partial charge in [-0.3, -0.25) is 4.79 Å². The largest absolute Gasteiger partial charge is 0.395 e. The number of carbonyl (C=O) groups excluding carboxylic acids is 1. The van der Waals surface area contributed by atoms with Gasteiger partial charge in [0, 0.05) is 16.5 Å². The first-order chi connectivity index (χ1) is 9.43. The number of halogens is 3. The second-order valence-electron chi connectivity index (χ2n) is 4.11. The van der Waals surface area contributed by atoms with Crippen LogP contribution in [0.2, 0.25) is 5.02 Å². The van der Waals surface area contributed by atoms with Crippen molar-refractivity contribution in [1.82, 2.24) is 4.90 Å². The van der Waals surface area contributed by atoms with Crippen LogP contribution in [0.1, 0.15) is 6.92 Å². The zero-order chi connectivity index (χ0) is 15.1. The third-order valence-electron chi connectivity index (χ3n) is 2.51. The smallest absolute Gasteiger partial charge is 0.255 e. The maximum atomic E-state index is 12.4. The van der Waals surface area contributed by atoms with Crippen molar-refractivity contribution in [2.75, 3.05) is 19.7 Å². The molecular weight excluding hydrogens is 308 g/mol. The Morgan fingerprint density at radius 1 is 1.40 bits per heavy atom. The summed E-state index contributed by atoms with van der Waals surface area (Å²) in [6.07, 6.45) is -2.61. The quantitative estimate of drug-likeness (QED) is 0.784. The second-order valence-corrected chi connectivity index (χ2v) is 5.96. The molecule has 7 heteroatoms. The Kier molecular flexibility index (Phi) is 7.26. The van der Waals surface area contributed by atoms with Gasteiger partial charge in [-0.05, 0) is 31.2 Å². The number of nitrogens with zero attached hydrogens (tertiary/aromatic N) is 1. The van der Waals surface area contributed by atoms with Crippen LogP contribution in [-0.4, -0.2) is 47.3 Å². The Morgan fingerprint density at radius 2 is 2.00 bits per heavy atom. The van der Waals surface area contributed by atoms with E-state index in [-0.39, 0.29) is 13.2 Å². The number of aliphatic hydroxyl groups is 1. The monoisotopic (exact) mass is 323 g/mol. The Balaban J connectivity index is 2.65. The van der Waals surface area contributed by atoms with Gasteiger partial charge in [0.1, 0.15) is 0 Å². The van der Waals surface area contributed by atoms with Crippen LogP contribution in [0.25, 0.3) is 0 Å². The summed E-state index contributed by atoms with van der Waals surface area (Å²) < 4.78 is 24.8. The van der Waals surface area contributed by atoms with Crippen LogP contribution in [0.15, 0.2) is 29.2 Å². The fraction of sp³-hybridized carbons (Fsp3) is 0.462. The molecule has 1 atom stereocenters. The van der Waals surface area contributed by atoms with Crippen LogP contribution >= 0.6 is 23.4 Å². The van der Waals surface area contributed by atoms with E-state index in [1.54, 1.807) is 31.2 Å². The number of amides is 1. The lowest BCUT2D eigenvalue weighted by molar-refractivity contribution is -0.132. The van der Waals surface area contributed by atoms with Gasteiger partial charge in [-0.2, -0.15) is 0 Å². The molecule has 0 fully saturated rings. The maximum Gasteiger partial charge on any atom is 0.255 e. The van der Waals surface area contributed by atoms with Crippen molar-refractivity contribution in [3.8, 4) is 0 Å². The van der Waals surface area contributed by atoms with Crippen molar-refractivity contribution in [3.05, 3.63) is 29.3 Å². The van der Waals surface area contributed by atoms with Gasteiger partial charge in [0.25, 0.3) is 6.43 Å². The van der Waals surface area contributed by atoms with Gasteiger partial charge in [-0.15, -0.1) is 11.8 Å². The SMILES string of the molecule is CC(Sc1ccc(Cl)cc1)C(=O)N(CCO)CC(F)F. The molecule has 0 aliphatic rings. The molecular formula is C13H16ClF2NO2S. The first-order valence-electron chi connectivity index (χ1n) is 6.04. The van der Waals surface area contributed by atoms with Crippen molar-refractivity contribution < 1.29 is 18.7 Å². The Hall–Kier alpha value is -0.850. The number of aliphatic hydroxyl groups excluding tert-OH is 1. The van der Waals surface area contributed by atoms with E-state index in [0.717, 1.165) is 9.80 Å². The van der Waals surface area contributed by atoms with Gasteiger partial charge < -0.3 is 10.0 Å². The van der Waals surface area contributed by atoms with Crippen LogP contribution in [-0.2, 0) is 4.79 Å². The first kappa shape index (κ1) is 17.2. The van der Waals surface area contributed by atoms with Crippen LogP contribution in [0.3, 0.4) is 0 Å². The minimum atomic E-state index is -2.61. The van der Waals surface area contributed by atoms with E-state index in [2.05, 4.69) is 0 Å². The molecule has 1 aromatic rings. The molecule has 3 nitrogen and oxygen atoms in total. The third kappa shape index (κ3) is 5.64. The van der Waals surface area contributed by atoms with E-state index >= 15 is 0 Å². The van der Waals surface area contributed by atoms with Gasteiger partial charge in [0.2, 0.25) is 5.91 Å². The molecule has 1 N–H and O–H groups in total. The predicted octanol–water partition coefficient (Wildman–Crippen LogP) is 2.91. The number of alkyl halides is 2. The van der Waals surface area contributed by atoms with E-state index < -0.39 is 24.1 Å². The molecule has 112 valence electrons. The lowest BCUT2D eigenvalue weighted by atomic mass is 10.3. The number of carbonyl (C=O) groups is 1. The number of rotatable bonds is 7. The molecule has 0 saturated heterocycles. The fourth-order valence-corrected chi connectivity index (χ4v) is 2.68. The van der Waals surface area contributed by atoms with E-state index in [9.17, 15) is 13.6 Å². The minimum absolute atomic E-state index is 0.0886. The summed E-state index contributed by atoms with van der Waals surface area (Å²) in [7, 11) is 0. The lowest BCUT2D eigenvalue weighted by Gasteiger charge is -2.24. The summed E-state index contributed by atoms with van der Waals surface area (Å²) >= 11 is 7.03. The zero-order valence-electron chi connectivity index (χ0n) is 10.9. The average molecular weight is 324 g/mol. The molecule has 1 amide bonds. The molecule has 0 aromatic heterocycles. The summed E-state index contributed by atoms with van der Waals surface area (Å²) in [4.78, 5) is 13.9. The summed E-state index contributed by atoms with van der Waals surface area (Å²) in [5.41, 5.74) is 0. The molecule has 1 rings (SSSR count). The van der Waals surface area contributed by atoms with E-state index in [0.29, 0.717) is 5.02 Å². The molecule has 0 bridgehead atoms. The Morgan fingerprint density at radius 3 is 2.50 bits per heavy atom. The Labute approximate surface area is 125 Å². The van der Waals surface area contributed by atoms with Gasteiger partial charge in [-0.25, -0.2) is 8.78 Å². The maximum absolute atomic E-state index is 12.4. The van der Waals surface area contributed by atoms with Crippen molar-refractivity contribution in [2.24, 2.45) is 0 Å². The molecule has 0 spiro atoms. The van der Waals surface area contributed by atoms with Crippen molar-refractivity contribution in [1.29, 1.82) is 0 Å². The van der Waals surface area contributed by atoms with Gasteiger partial charge in [0.05, 0.1) is 18.4 Å². The van der Waals surface area contributed by atoms with E-state index in [1.165, 1.54) is 11.8 Å². The predicted molar refractivity (Wildman–Crippen MR) is 76.4 cm³/mol. The fourth-order valence-electron chi connectivity index (χ4n) is 1.60. The van der Waals surface area contributed by atoms with Crippen LogP contribution in [0.4, 0.5) is 8.78 Å². The molecule has 0 radical (unpaired) electrons. The summed E-state index contributed by atoms with van der Waals surface area (Å²) in [6, 6.07) is 6.93. The van der Waals surface area contributed by atoms with Crippen LogP contribution < -0.4 is 0 Å². The number of hydrogen-bond donors (Lipinski definition) is 1. The van der Waals surface area contributed by atoms with Gasteiger partial charge in [0.15, 0.2) is 0 Å². The zero-order valence-corrected chi connectivity index (χ0v) is 12.5. The molecule has 0 heterocycles. The second kappa shape index (κ2) is 8.44. The Bertz CT molecular complexity index is 431. The number of thioether (sulfide) groups is 1. The van der Waals surface area contributed by atoms with Crippen molar-refractivity contribution >= 4 is 29.3 Å². The minimum Gasteiger partial charge on any atom is -0.395 e.